The number of hydrogen-bond donors (Lipinski definition) is 2. The van der Waals surface area contributed by atoms with Crippen LogP contribution in [-0.4, -0.2) is 27.8 Å². The van der Waals surface area contributed by atoms with E-state index in [0.717, 1.165) is 18.4 Å². The summed E-state index contributed by atoms with van der Waals surface area (Å²) in [6.07, 6.45) is 1.33. The molecule has 1 aromatic rings. The molecule has 1 aromatic carbocycles. The van der Waals surface area contributed by atoms with Gasteiger partial charge in [-0.2, -0.15) is 0 Å². The second-order valence-corrected chi connectivity index (χ2v) is 5.10. The van der Waals surface area contributed by atoms with Crippen molar-refractivity contribution in [2.24, 2.45) is 5.92 Å². The first-order chi connectivity index (χ1) is 8.60. The lowest BCUT2D eigenvalue weighted by Crippen LogP contribution is -2.30. The van der Waals surface area contributed by atoms with Crippen LogP contribution in [0.25, 0.3) is 0 Å². The van der Waals surface area contributed by atoms with Crippen molar-refractivity contribution in [1.82, 2.24) is 4.90 Å². The molecule has 1 amide bonds. The summed E-state index contributed by atoms with van der Waals surface area (Å²) in [6, 6.07) is 5.25. The summed E-state index contributed by atoms with van der Waals surface area (Å²) in [5, 5.41) is 18.8. The van der Waals surface area contributed by atoms with Crippen LogP contribution in [0.3, 0.4) is 0 Å². The fraction of sp³-hybridized carbons (Fsp3) is 0.462. The van der Waals surface area contributed by atoms with Gasteiger partial charge in [-0.1, -0.05) is 23.7 Å². The molecule has 1 saturated carbocycles. The van der Waals surface area contributed by atoms with E-state index in [0.29, 0.717) is 29.6 Å². The predicted molar refractivity (Wildman–Crippen MR) is 68.5 cm³/mol. The van der Waals surface area contributed by atoms with Crippen LogP contribution in [0, 0.1) is 5.92 Å². The van der Waals surface area contributed by atoms with Crippen LogP contribution in [-0.2, 0) is 13.2 Å². The lowest BCUT2D eigenvalue weighted by atomic mass is 10.1. The van der Waals surface area contributed by atoms with E-state index in [4.69, 9.17) is 21.8 Å². The molecule has 2 rings (SSSR count). The first kappa shape index (κ1) is 13.2. The number of benzene rings is 1. The van der Waals surface area contributed by atoms with Crippen molar-refractivity contribution in [2.75, 3.05) is 6.54 Å². The lowest BCUT2D eigenvalue weighted by Gasteiger charge is -2.19. The van der Waals surface area contributed by atoms with Gasteiger partial charge in [-0.3, -0.25) is 0 Å². The Hall–Kier alpha value is -1.26. The van der Waals surface area contributed by atoms with Gasteiger partial charge in [0.2, 0.25) is 0 Å². The molecule has 0 aliphatic heterocycles. The van der Waals surface area contributed by atoms with Crippen LogP contribution in [0.4, 0.5) is 4.79 Å². The summed E-state index contributed by atoms with van der Waals surface area (Å²) in [4.78, 5) is 12.6. The first-order valence-electron chi connectivity index (χ1n) is 5.96. The van der Waals surface area contributed by atoms with Gasteiger partial charge in [0.1, 0.15) is 0 Å². The molecule has 0 bridgehead atoms. The van der Waals surface area contributed by atoms with Gasteiger partial charge in [0.25, 0.3) is 0 Å². The van der Waals surface area contributed by atoms with E-state index in [1.807, 2.05) is 0 Å². The molecular weight excluding hydrogens is 254 g/mol. The summed E-state index contributed by atoms with van der Waals surface area (Å²) in [6.45, 7) is 0.796. The minimum absolute atomic E-state index is 0.137. The van der Waals surface area contributed by atoms with E-state index in [-0.39, 0.29) is 6.61 Å². The topological polar surface area (TPSA) is 60.8 Å². The Morgan fingerprint density at radius 1 is 1.44 bits per heavy atom. The quantitative estimate of drug-likeness (QED) is 0.864. The van der Waals surface area contributed by atoms with Gasteiger partial charge < -0.3 is 15.1 Å². The zero-order valence-corrected chi connectivity index (χ0v) is 10.7. The highest BCUT2D eigenvalue weighted by Gasteiger charge is 2.26. The first-order valence-corrected chi connectivity index (χ1v) is 6.34. The molecule has 5 heteroatoms. The highest BCUT2D eigenvalue weighted by Crippen LogP contribution is 2.30. The van der Waals surface area contributed by atoms with Crippen LogP contribution in [0.1, 0.15) is 24.0 Å². The number of aliphatic hydroxyl groups excluding tert-OH is 1. The molecule has 0 unspecified atom stereocenters. The summed E-state index contributed by atoms with van der Waals surface area (Å²) in [5.41, 5.74) is 1.48. The van der Waals surface area contributed by atoms with E-state index >= 15 is 0 Å². The summed E-state index contributed by atoms with van der Waals surface area (Å²) < 4.78 is 0. The Morgan fingerprint density at radius 3 is 2.72 bits per heavy atom. The van der Waals surface area contributed by atoms with Crippen molar-refractivity contribution in [3.8, 4) is 0 Å². The van der Waals surface area contributed by atoms with Crippen LogP contribution in [0.15, 0.2) is 18.2 Å². The van der Waals surface area contributed by atoms with Gasteiger partial charge >= 0.3 is 6.09 Å². The standard InChI is InChI=1S/C13H16ClNO3/c14-12-4-3-10(5-11(12)8-16)7-15(13(17)18)6-9-1-2-9/h3-5,9,16H,1-2,6-8H2,(H,17,18). The third kappa shape index (κ3) is 3.37. The molecule has 0 radical (unpaired) electrons. The van der Waals surface area contributed by atoms with Crippen molar-refractivity contribution >= 4 is 17.7 Å². The lowest BCUT2D eigenvalue weighted by molar-refractivity contribution is 0.140. The maximum Gasteiger partial charge on any atom is 0.407 e. The molecule has 1 fully saturated rings. The number of halogens is 1. The molecule has 0 saturated heterocycles. The molecule has 98 valence electrons. The molecule has 0 heterocycles. The maximum absolute atomic E-state index is 11.1. The zero-order chi connectivity index (χ0) is 13.1. The SMILES string of the molecule is O=C(O)N(Cc1ccc(Cl)c(CO)c1)CC1CC1. The normalized spacial score (nSPS) is 14.6. The Morgan fingerprint density at radius 2 is 2.17 bits per heavy atom. The molecule has 0 aromatic heterocycles. The molecule has 0 atom stereocenters. The molecule has 1 aliphatic carbocycles. The van der Waals surface area contributed by atoms with Gasteiger partial charge in [-0.25, -0.2) is 4.79 Å². The highest BCUT2D eigenvalue weighted by atomic mass is 35.5. The number of carbonyl (C=O) groups is 1. The third-order valence-electron chi connectivity index (χ3n) is 3.10. The molecule has 18 heavy (non-hydrogen) atoms. The minimum atomic E-state index is -0.901. The van der Waals surface area contributed by atoms with Gasteiger partial charge in [0.15, 0.2) is 0 Å². The van der Waals surface area contributed by atoms with Crippen molar-refractivity contribution < 1.29 is 15.0 Å². The molecule has 4 nitrogen and oxygen atoms in total. The Bertz CT molecular complexity index is 446. The monoisotopic (exact) mass is 269 g/mol. The van der Waals surface area contributed by atoms with Crippen molar-refractivity contribution in [3.05, 3.63) is 34.3 Å². The van der Waals surface area contributed by atoms with Crippen LogP contribution in [0.5, 0.6) is 0 Å². The number of aliphatic hydroxyl groups is 1. The smallest absolute Gasteiger partial charge is 0.407 e. The van der Waals surface area contributed by atoms with E-state index in [1.165, 1.54) is 4.90 Å². The second-order valence-electron chi connectivity index (χ2n) is 4.69. The van der Waals surface area contributed by atoms with Crippen LogP contribution < -0.4 is 0 Å². The van der Waals surface area contributed by atoms with Crippen molar-refractivity contribution in [2.45, 2.75) is 26.0 Å². The Labute approximate surface area is 111 Å². The summed E-state index contributed by atoms with van der Waals surface area (Å²) >= 11 is 5.90. The largest absolute Gasteiger partial charge is 0.465 e. The number of hydrogen-bond acceptors (Lipinski definition) is 2. The van der Waals surface area contributed by atoms with E-state index in [2.05, 4.69) is 0 Å². The zero-order valence-electron chi connectivity index (χ0n) is 9.97. The summed E-state index contributed by atoms with van der Waals surface area (Å²) in [7, 11) is 0. The van der Waals surface area contributed by atoms with Crippen LogP contribution in [0.2, 0.25) is 5.02 Å². The molecular formula is C13H16ClNO3. The number of carboxylic acid groups (broad SMARTS) is 1. The van der Waals surface area contributed by atoms with Crippen molar-refractivity contribution in [3.63, 3.8) is 0 Å². The predicted octanol–water partition coefficient (Wildman–Crippen LogP) is 2.72. The Balaban J connectivity index is 2.07. The number of amides is 1. The molecule has 0 spiro atoms. The highest BCUT2D eigenvalue weighted by molar-refractivity contribution is 6.31. The van der Waals surface area contributed by atoms with E-state index in [9.17, 15) is 4.79 Å². The van der Waals surface area contributed by atoms with Gasteiger partial charge in [-0.15, -0.1) is 0 Å². The Kier molecular flexibility index (Phi) is 4.09. The maximum atomic E-state index is 11.1. The second kappa shape index (κ2) is 5.59. The summed E-state index contributed by atoms with van der Waals surface area (Å²) in [5.74, 6) is 0.519. The van der Waals surface area contributed by atoms with E-state index < -0.39 is 6.09 Å². The van der Waals surface area contributed by atoms with Crippen molar-refractivity contribution in [1.29, 1.82) is 0 Å². The van der Waals surface area contributed by atoms with Gasteiger partial charge in [0, 0.05) is 18.1 Å². The van der Waals surface area contributed by atoms with Gasteiger partial charge in [0.05, 0.1) is 6.61 Å². The van der Waals surface area contributed by atoms with E-state index in [1.54, 1.807) is 18.2 Å². The fourth-order valence-electron chi connectivity index (χ4n) is 1.89. The van der Waals surface area contributed by atoms with Gasteiger partial charge in [-0.05, 0) is 36.0 Å². The average Bonchev–Trinajstić information content (AvgIpc) is 3.14. The molecule has 2 N–H and O–H groups in total. The fourth-order valence-corrected chi connectivity index (χ4v) is 2.07. The van der Waals surface area contributed by atoms with Crippen LogP contribution >= 0.6 is 11.6 Å². The third-order valence-corrected chi connectivity index (χ3v) is 3.47. The number of nitrogens with zero attached hydrogens (tertiary/aromatic N) is 1. The molecule has 1 aliphatic rings. The average molecular weight is 270 g/mol. The minimum Gasteiger partial charge on any atom is -0.465 e. The number of rotatable bonds is 5.